The van der Waals surface area contributed by atoms with E-state index in [2.05, 4.69) is 5.32 Å². The van der Waals surface area contributed by atoms with Gasteiger partial charge in [-0.2, -0.15) is 0 Å². The predicted octanol–water partition coefficient (Wildman–Crippen LogP) is 1.27. The maximum Gasteiger partial charge on any atom is 0.317 e. The second-order valence-electron chi connectivity index (χ2n) is 8.03. The standard InChI is InChI=1S/C20H29FN4O4S/c1-15-3-4-17(13-18(15)21)19(26)23-9-11-24(12-10-23)20(27)22-14-16-5-7-25(8-6-16)30(2,28)29/h3-4,13,16H,5-12,14H2,1-2H3,(H,22,27). The van der Waals surface area contributed by atoms with Crippen LogP contribution in [0.3, 0.4) is 0 Å². The molecule has 30 heavy (non-hydrogen) atoms. The smallest absolute Gasteiger partial charge is 0.317 e. The molecule has 2 saturated heterocycles. The average molecular weight is 441 g/mol. The monoisotopic (exact) mass is 440 g/mol. The van der Waals surface area contributed by atoms with Crippen LogP contribution in [0.2, 0.25) is 0 Å². The van der Waals surface area contributed by atoms with Crippen LogP contribution >= 0.6 is 0 Å². The first-order valence-electron chi connectivity index (χ1n) is 10.2. The van der Waals surface area contributed by atoms with Gasteiger partial charge in [0.1, 0.15) is 5.82 Å². The number of aryl methyl sites for hydroxylation is 1. The van der Waals surface area contributed by atoms with Gasteiger partial charge in [-0.25, -0.2) is 21.9 Å². The van der Waals surface area contributed by atoms with E-state index in [0.29, 0.717) is 56.9 Å². The molecular weight excluding hydrogens is 411 g/mol. The van der Waals surface area contributed by atoms with Crippen LogP contribution in [0, 0.1) is 18.7 Å². The maximum atomic E-state index is 13.7. The molecule has 2 heterocycles. The molecule has 1 aromatic rings. The Morgan fingerprint density at radius 1 is 1.07 bits per heavy atom. The van der Waals surface area contributed by atoms with Crippen molar-refractivity contribution in [2.24, 2.45) is 5.92 Å². The quantitative estimate of drug-likeness (QED) is 0.764. The van der Waals surface area contributed by atoms with Gasteiger partial charge < -0.3 is 15.1 Å². The number of halogens is 1. The first-order chi connectivity index (χ1) is 14.1. The molecule has 3 rings (SSSR count). The van der Waals surface area contributed by atoms with Crippen molar-refractivity contribution >= 4 is 22.0 Å². The van der Waals surface area contributed by atoms with Crippen molar-refractivity contribution in [1.29, 1.82) is 0 Å². The summed E-state index contributed by atoms with van der Waals surface area (Å²) in [4.78, 5) is 28.3. The third-order valence-electron chi connectivity index (χ3n) is 5.86. The van der Waals surface area contributed by atoms with E-state index in [0.717, 1.165) is 12.8 Å². The van der Waals surface area contributed by atoms with Gasteiger partial charge in [-0.1, -0.05) is 6.07 Å². The molecule has 2 fully saturated rings. The van der Waals surface area contributed by atoms with Gasteiger partial charge in [0.05, 0.1) is 6.26 Å². The van der Waals surface area contributed by atoms with Crippen molar-refractivity contribution in [2.75, 3.05) is 52.1 Å². The van der Waals surface area contributed by atoms with Gasteiger partial charge in [0.2, 0.25) is 10.0 Å². The highest BCUT2D eigenvalue weighted by molar-refractivity contribution is 7.88. The number of hydrogen-bond acceptors (Lipinski definition) is 4. The molecule has 10 heteroatoms. The highest BCUT2D eigenvalue weighted by Crippen LogP contribution is 2.18. The number of carbonyl (C=O) groups is 2. The molecule has 0 bridgehead atoms. The Balaban J connectivity index is 1.42. The molecule has 2 aliphatic rings. The van der Waals surface area contributed by atoms with E-state index in [4.69, 9.17) is 0 Å². The number of sulfonamides is 1. The van der Waals surface area contributed by atoms with Crippen molar-refractivity contribution in [3.63, 3.8) is 0 Å². The Hall–Kier alpha value is -2.20. The normalized spacial score (nSPS) is 19.0. The van der Waals surface area contributed by atoms with Crippen LogP contribution in [-0.2, 0) is 10.0 Å². The van der Waals surface area contributed by atoms with E-state index >= 15 is 0 Å². The fourth-order valence-electron chi connectivity index (χ4n) is 3.81. The molecule has 0 radical (unpaired) electrons. The van der Waals surface area contributed by atoms with Crippen molar-refractivity contribution < 1.29 is 22.4 Å². The van der Waals surface area contributed by atoms with E-state index in [-0.39, 0.29) is 17.9 Å². The number of benzene rings is 1. The number of nitrogens with zero attached hydrogens (tertiary/aromatic N) is 3. The molecule has 1 N–H and O–H groups in total. The number of amides is 3. The van der Waals surface area contributed by atoms with Crippen molar-refractivity contribution in [1.82, 2.24) is 19.4 Å². The lowest BCUT2D eigenvalue weighted by atomic mass is 9.98. The zero-order valence-electron chi connectivity index (χ0n) is 17.4. The van der Waals surface area contributed by atoms with Crippen molar-refractivity contribution in [3.05, 3.63) is 35.1 Å². The number of nitrogens with one attached hydrogen (secondary N) is 1. The molecule has 8 nitrogen and oxygen atoms in total. The van der Waals surface area contributed by atoms with E-state index in [1.165, 1.54) is 16.6 Å². The second kappa shape index (κ2) is 9.30. The zero-order valence-corrected chi connectivity index (χ0v) is 18.3. The molecule has 0 aliphatic carbocycles. The average Bonchev–Trinajstić information content (AvgIpc) is 2.73. The van der Waals surface area contributed by atoms with Crippen molar-refractivity contribution in [3.8, 4) is 0 Å². The minimum Gasteiger partial charge on any atom is -0.338 e. The largest absolute Gasteiger partial charge is 0.338 e. The van der Waals surface area contributed by atoms with Crippen molar-refractivity contribution in [2.45, 2.75) is 19.8 Å². The summed E-state index contributed by atoms with van der Waals surface area (Å²) in [6.45, 7) is 4.76. The van der Waals surface area contributed by atoms with Crippen LogP contribution in [0.5, 0.6) is 0 Å². The molecule has 2 aliphatic heterocycles. The van der Waals surface area contributed by atoms with Crippen LogP contribution in [0.25, 0.3) is 0 Å². The number of rotatable bonds is 4. The molecule has 3 amide bonds. The molecule has 0 spiro atoms. The van der Waals surface area contributed by atoms with Gasteiger partial charge in [-0.3, -0.25) is 4.79 Å². The summed E-state index contributed by atoms with van der Waals surface area (Å²) < 4.78 is 38.3. The van der Waals surface area contributed by atoms with E-state index < -0.39 is 15.8 Å². The van der Waals surface area contributed by atoms with Crippen LogP contribution in [0.15, 0.2) is 18.2 Å². The number of piperazine rings is 1. The van der Waals surface area contributed by atoms with Gasteiger partial charge in [0.15, 0.2) is 0 Å². The van der Waals surface area contributed by atoms with Crippen LogP contribution in [-0.4, -0.2) is 86.5 Å². The lowest BCUT2D eigenvalue weighted by Crippen LogP contribution is -2.53. The lowest BCUT2D eigenvalue weighted by Gasteiger charge is -2.35. The SMILES string of the molecule is Cc1ccc(C(=O)N2CCN(C(=O)NCC3CCN(S(C)(=O)=O)CC3)CC2)cc1F. The number of carbonyl (C=O) groups excluding carboxylic acids is 2. The first kappa shape index (κ1) is 22.5. The Bertz CT molecular complexity index is 892. The van der Waals surface area contributed by atoms with E-state index in [1.54, 1.807) is 28.9 Å². The Morgan fingerprint density at radius 3 is 2.23 bits per heavy atom. The number of piperidine rings is 1. The molecule has 0 unspecified atom stereocenters. The zero-order chi connectivity index (χ0) is 21.9. The minimum atomic E-state index is -3.15. The summed E-state index contributed by atoms with van der Waals surface area (Å²) in [5, 5.41) is 2.93. The Kier molecular flexibility index (Phi) is 6.97. The molecular formula is C20H29FN4O4S. The van der Waals surface area contributed by atoms with Crippen LogP contribution in [0.1, 0.15) is 28.8 Å². The number of urea groups is 1. The highest BCUT2D eigenvalue weighted by Gasteiger charge is 2.27. The second-order valence-corrected chi connectivity index (χ2v) is 10.0. The summed E-state index contributed by atoms with van der Waals surface area (Å²) in [6, 6.07) is 4.29. The third-order valence-corrected chi connectivity index (χ3v) is 7.16. The summed E-state index contributed by atoms with van der Waals surface area (Å²) in [6.07, 6.45) is 2.67. The predicted molar refractivity (Wildman–Crippen MR) is 111 cm³/mol. The lowest BCUT2D eigenvalue weighted by molar-refractivity contribution is 0.0663. The summed E-state index contributed by atoms with van der Waals surface area (Å²) in [5.74, 6) is -0.376. The van der Waals surface area contributed by atoms with Gasteiger partial charge in [-0.15, -0.1) is 0 Å². The molecule has 166 valence electrons. The summed E-state index contributed by atoms with van der Waals surface area (Å²) >= 11 is 0. The van der Waals surface area contributed by atoms with E-state index in [9.17, 15) is 22.4 Å². The number of hydrogen-bond donors (Lipinski definition) is 1. The highest BCUT2D eigenvalue weighted by atomic mass is 32.2. The van der Waals surface area contributed by atoms with Gasteiger partial charge in [-0.05, 0) is 43.4 Å². The maximum absolute atomic E-state index is 13.7. The fraction of sp³-hybridized carbons (Fsp3) is 0.600. The van der Waals surface area contributed by atoms with Gasteiger partial charge in [0.25, 0.3) is 5.91 Å². The van der Waals surface area contributed by atoms with Gasteiger partial charge >= 0.3 is 6.03 Å². The van der Waals surface area contributed by atoms with Crippen LogP contribution < -0.4 is 5.32 Å². The Morgan fingerprint density at radius 2 is 1.67 bits per heavy atom. The van der Waals surface area contributed by atoms with Crippen LogP contribution in [0.4, 0.5) is 9.18 Å². The van der Waals surface area contributed by atoms with E-state index in [1.807, 2.05) is 0 Å². The molecule has 0 saturated carbocycles. The third kappa shape index (κ3) is 5.48. The minimum absolute atomic E-state index is 0.172. The summed E-state index contributed by atoms with van der Waals surface area (Å²) in [7, 11) is -3.15. The topological polar surface area (TPSA) is 90.0 Å². The van der Waals surface area contributed by atoms with Gasteiger partial charge in [0, 0.05) is 51.4 Å². The summed E-state index contributed by atoms with van der Waals surface area (Å²) in [5.41, 5.74) is 0.812. The molecule has 0 aromatic heterocycles. The Labute approximate surface area is 177 Å². The molecule has 1 aromatic carbocycles. The fourth-order valence-corrected chi connectivity index (χ4v) is 4.68. The first-order valence-corrected chi connectivity index (χ1v) is 12.0. The molecule has 0 atom stereocenters.